The lowest BCUT2D eigenvalue weighted by Crippen LogP contribution is -2.18. The van der Waals surface area contributed by atoms with Gasteiger partial charge >= 0.3 is 0 Å². The second kappa shape index (κ2) is 7.02. The topological polar surface area (TPSA) is 41.1 Å². The summed E-state index contributed by atoms with van der Waals surface area (Å²) in [5.74, 6) is 0.805. The van der Waals surface area contributed by atoms with E-state index in [4.69, 9.17) is 11.6 Å². The molecule has 0 atom stereocenters. The number of thiazole rings is 1. The van der Waals surface area contributed by atoms with Crippen LogP contribution < -0.4 is 10.2 Å². The number of rotatable bonds is 6. The zero-order chi connectivity index (χ0) is 14.5. The maximum absolute atomic E-state index is 6.34. The number of anilines is 1. The molecule has 0 bridgehead atoms. The molecule has 0 radical (unpaired) electrons. The maximum atomic E-state index is 6.34. The van der Waals surface area contributed by atoms with Crippen LogP contribution in [0.1, 0.15) is 23.1 Å². The third-order valence-electron chi connectivity index (χ3n) is 3.04. The van der Waals surface area contributed by atoms with Crippen LogP contribution >= 0.6 is 22.9 Å². The van der Waals surface area contributed by atoms with Gasteiger partial charge < -0.3 is 10.2 Å². The van der Waals surface area contributed by atoms with Gasteiger partial charge in [-0.25, -0.2) is 9.97 Å². The molecule has 0 aliphatic rings. The summed E-state index contributed by atoms with van der Waals surface area (Å²) in [6.07, 6.45) is 1.87. The molecular weight excluding hydrogens is 292 g/mol. The van der Waals surface area contributed by atoms with E-state index >= 15 is 0 Å². The lowest BCUT2D eigenvalue weighted by molar-refractivity contribution is 0.724. The summed E-state index contributed by atoms with van der Waals surface area (Å²) in [6, 6.07) is 1.97. The van der Waals surface area contributed by atoms with Crippen LogP contribution in [0.5, 0.6) is 0 Å². The van der Waals surface area contributed by atoms with E-state index in [-0.39, 0.29) is 0 Å². The van der Waals surface area contributed by atoms with Crippen molar-refractivity contribution in [3.63, 3.8) is 0 Å². The Morgan fingerprint density at radius 2 is 2.20 bits per heavy atom. The molecule has 0 amide bonds. The van der Waals surface area contributed by atoms with Gasteiger partial charge in [0, 0.05) is 24.7 Å². The van der Waals surface area contributed by atoms with Gasteiger partial charge in [-0.3, -0.25) is 0 Å². The Kier molecular flexibility index (Phi) is 5.34. The zero-order valence-electron chi connectivity index (χ0n) is 12.0. The second-order valence-corrected chi connectivity index (χ2v) is 5.99. The molecule has 20 heavy (non-hydrogen) atoms. The van der Waals surface area contributed by atoms with E-state index in [9.17, 15) is 0 Å². The summed E-state index contributed by atoms with van der Waals surface area (Å²) in [7, 11) is 2.00. The van der Waals surface area contributed by atoms with Crippen molar-refractivity contribution in [2.24, 2.45) is 0 Å². The highest BCUT2D eigenvalue weighted by molar-refractivity contribution is 7.09. The molecule has 1 N–H and O–H groups in total. The molecule has 0 unspecified atom stereocenters. The first-order chi connectivity index (χ1) is 9.61. The molecule has 0 aromatic carbocycles. The Balaban J connectivity index is 2.10. The van der Waals surface area contributed by atoms with Crippen molar-refractivity contribution in [3.8, 4) is 0 Å². The second-order valence-electron chi connectivity index (χ2n) is 4.65. The minimum atomic E-state index is 0.685. The van der Waals surface area contributed by atoms with Gasteiger partial charge in [0.1, 0.15) is 5.82 Å². The fraction of sp³-hybridized carbons (Fsp3) is 0.429. The van der Waals surface area contributed by atoms with Crippen molar-refractivity contribution in [2.75, 3.05) is 18.5 Å². The van der Waals surface area contributed by atoms with E-state index in [1.165, 1.54) is 4.88 Å². The van der Waals surface area contributed by atoms with Gasteiger partial charge in [0.2, 0.25) is 0 Å². The number of nitrogens with zero attached hydrogens (tertiary/aromatic N) is 3. The third-order valence-corrected chi connectivity index (χ3v) is 4.24. The molecule has 0 aliphatic carbocycles. The SMILES string of the molecule is CCNCc1cnc(N(C)Cc2scnc2C)c(Cl)c1. The van der Waals surface area contributed by atoms with Crippen LogP contribution in [0.25, 0.3) is 0 Å². The number of nitrogens with one attached hydrogen (secondary N) is 1. The van der Waals surface area contributed by atoms with Gasteiger partial charge in [0.15, 0.2) is 0 Å². The van der Waals surface area contributed by atoms with Crippen molar-refractivity contribution < 1.29 is 0 Å². The number of hydrogen-bond donors (Lipinski definition) is 1. The van der Waals surface area contributed by atoms with Crippen LogP contribution in [0, 0.1) is 6.92 Å². The van der Waals surface area contributed by atoms with E-state index in [1.807, 2.05) is 31.7 Å². The quantitative estimate of drug-likeness (QED) is 0.889. The van der Waals surface area contributed by atoms with Gasteiger partial charge in [0.25, 0.3) is 0 Å². The molecule has 2 aromatic rings. The highest BCUT2D eigenvalue weighted by atomic mass is 35.5. The predicted octanol–water partition coefficient (Wildman–Crippen LogP) is 3.25. The smallest absolute Gasteiger partial charge is 0.147 e. The lowest BCUT2D eigenvalue weighted by atomic mass is 10.2. The first-order valence-electron chi connectivity index (χ1n) is 6.57. The van der Waals surface area contributed by atoms with E-state index in [0.29, 0.717) is 5.02 Å². The van der Waals surface area contributed by atoms with Crippen LogP contribution in [-0.2, 0) is 13.1 Å². The van der Waals surface area contributed by atoms with Crippen LogP contribution in [-0.4, -0.2) is 23.6 Å². The standard InChI is InChI=1S/C14H19ClN4S/c1-4-16-6-11-5-12(15)14(17-7-11)19(3)8-13-10(2)18-9-20-13/h5,7,9,16H,4,6,8H2,1-3H3. The molecule has 0 saturated carbocycles. The van der Waals surface area contributed by atoms with Gasteiger partial charge in [-0.15, -0.1) is 11.3 Å². The Morgan fingerprint density at radius 1 is 1.40 bits per heavy atom. The van der Waals surface area contributed by atoms with Gasteiger partial charge in [0.05, 0.1) is 22.8 Å². The van der Waals surface area contributed by atoms with E-state index in [0.717, 1.165) is 36.7 Å². The van der Waals surface area contributed by atoms with Crippen LogP contribution in [0.15, 0.2) is 17.8 Å². The molecule has 4 nitrogen and oxygen atoms in total. The summed E-state index contributed by atoms with van der Waals surface area (Å²) in [5.41, 5.74) is 4.04. The Morgan fingerprint density at radius 3 is 2.80 bits per heavy atom. The molecule has 2 heterocycles. The van der Waals surface area contributed by atoms with Crippen LogP contribution in [0.2, 0.25) is 5.02 Å². The summed E-state index contributed by atoms with van der Waals surface area (Å²) in [6.45, 7) is 6.60. The fourth-order valence-corrected chi connectivity index (χ4v) is 3.05. The Hall–Kier alpha value is -1.17. The molecule has 0 fully saturated rings. The molecule has 2 rings (SSSR count). The molecule has 0 saturated heterocycles. The van der Waals surface area contributed by atoms with Gasteiger partial charge in [-0.1, -0.05) is 18.5 Å². The van der Waals surface area contributed by atoms with Crippen molar-refractivity contribution in [1.82, 2.24) is 15.3 Å². The number of aromatic nitrogens is 2. The van der Waals surface area contributed by atoms with Crippen LogP contribution in [0.4, 0.5) is 5.82 Å². The van der Waals surface area contributed by atoms with E-state index in [2.05, 4.69) is 27.1 Å². The average molecular weight is 311 g/mol. The van der Waals surface area contributed by atoms with Gasteiger partial charge in [-0.05, 0) is 25.1 Å². The molecule has 0 spiro atoms. The molecular formula is C14H19ClN4S. The minimum Gasteiger partial charge on any atom is -0.353 e. The van der Waals surface area contributed by atoms with Gasteiger partial charge in [-0.2, -0.15) is 0 Å². The Labute approximate surface area is 128 Å². The summed E-state index contributed by atoms with van der Waals surface area (Å²) < 4.78 is 0. The number of hydrogen-bond acceptors (Lipinski definition) is 5. The van der Waals surface area contributed by atoms with Crippen molar-refractivity contribution in [2.45, 2.75) is 26.9 Å². The first-order valence-corrected chi connectivity index (χ1v) is 7.82. The third kappa shape index (κ3) is 3.69. The molecule has 108 valence electrons. The Bertz CT molecular complexity index is 570. The molecule has 6 heteroatoms. The fourth-order valence-electron chi connectivity index (χ4n) is 1.89. The van der Waals surface area contributed by atoms with Crippen LogP contribution in [0.3, 0.4) is 0 Å². The van der Waals surface area contributed by atoms with E-state index < -0.39 is 0 Å². The summed E-state index contributed by atoms with van der Waals surface area (Å²) in [4.78, 5) is 12.0. The number of halogens is 1. The minimum absolute atomic E-state index is 0.685. The largest absolute Gasteiger partial charge is 0.353 e. The molecule has 2 aromatic heterocycles. The number of pyridine rings is 1. The maximum Gasteiger partial charge on any atom is 0.147 e. The summed E-state index contributed by atoms with van der Waals surface area (Å²) >= 11 is 8.00. The zero-order valence-corrected chi connectivity index (χ0v) is 13.6. The summed E-state index contributed by atoms with van der Waals surface area (Å²) in [5, 5.41) is 3.95. The highest BCUT2D eigenvalue weighted by Crippen LogP contribution is 2.25. The van der Waals surface area contributed by atoms with Crippen molar-refractivity contribution in [3.05, 3.63) is 38.9 Å². The van der Waals surface area contributed by atoms with Crippen molar-refractivity contribution in [1.29, 1.82) is 0 Å². The van der Waals surface area contributed by atoms with E-state index in [1.54, 1.807) is 11.3 Å². The lowest BCUT2D eigenvalue weighted by Gasteiger charge is -2.19. The number of aryl methyl sites for hydroxylation is 1. The highest BCUT2D eigenvalue weighted by Gasteiger charge is 2.11. The average Bonchev–Trinajstić information content (AvgIpc) is 2.82. The first kappa shape index (κ1) is 15.2. The normalized spacial score (nSPS) is 10.8. The van der Waals surface area contributed by atoms with Crippen molar-refractivity contribution >= 4 is 28.8 Å². The monoisotopic (exact) mass is 310 g/mol. The predicted molar refractivity (Wildman–Crippen MR) is 85.6 cm³/mol. The molecule has 0 aliphatic heterocycles.